The standard InChI is InChI=1S/C20H27NO3/c1-5-24-17-7-8-18(14(2)10-17)16(13-21)11-15-6-9-19(22-3)20(12-15)23-4/h6-10,12,16H,5,11,13,21H2,1-4H3. The summed E-state index contributed by atoms with van der Waals surface area (Å²) >= 11 is 0. The smallest absolute Gasteiger partial charge is 0.160 e. The van der Waals surface area contributed by atoms with Crippen LogP contribution in [0.1, 0.15) is 29.5 Å². The van der Waals surface area contributed by atoms with E-state index >= 15 is 0 Å². The first-order chi connectivity index (χ1) is 11.6. The molecule has 2 aromatic carbocycles. The third kappa shape index (κ3) is 4.20. The molecule has 0 spiro atoms. The molecule has 0 heterocycles. The molecule has 2 aromatic rings. The van der Waals surface area contributed by atoms with Gasteiger partial charge < -0.3 is 19.9 Å². The van der Waals surface area contributed by atoms with Crippen LogP contribution < -0.4 is 19.9 Å². The Bertz CT molecular complexity index is 670. The van der Waals surface area contributed by atoms with Gasteiger partial charge in [0.2, 0.25) is 0 Å². The predicted molar refractivity (Wildman–Crippen MR) is 97.4 cm³/mol. The van der Waals surface area contributed by atoms with E-state index in [1.165, 1.54) is 16.7 Å². The van der Waals surface area contributed by atoms with Crippen molar-refractivity contribution in [1.82, 2.24) is 0 Å². The predicted octanol–water partition coefficient (Wildman–Crippen LogP) is 3.70. The summed E-state index contributed by atoms with van der Waals surface area (Å²) in [5, 5.41) is 0. The summed E-state index contributed by atoms with van der Waals surface area (Å²) in [4.78, 5) is 0. The molecule has 1 atom stereocenters. The van der Waals surface area contributed by atoms with E-state index in [4.69, 9.17) is 19.9 Å². The van der Waals surface area contributed by atoms with Gasteiger partial charge in [-0.25, -0.2) is 0 Å². The van der Waals surface area contributed by atoms with Gasteiger partial charge in [0.25, 0.3) is 0 Å². The summed E-state index contributed by atoms with van der Waals surface area (Å²) in [5.41, 5.74) is 9.70. The van der Waals surface area contributed by atoms with Crippen LogP contribution in [0.15, 0.2) is 36.4 Å². The van der Waals surface area contributed by atoms with Crippen molar-refractivity contribution in [2.24, 2.45) is 5.73 Å². The van der Waals surface area contributed by atoms with Gasteiger partial charge in [0, 0.05) is 5.92 Å². The quantitative estimate of drug-likeness (QED) is 0.802. The zero-order chi connectivity index (χ0) is 17.5. The van der Waals surface area contributed by atoms with Gasteiger partial charge in [-0.2, -0.15) is 0 Å². The lowest BCUT2D eigenvalue weighted by Crippen LogP contribution is -2.16. The fourth-order valence-electron chi connectivity index (χ4n) is 2.98. The second kappa shape index (κ2) is 8.60. The lowest BCUT2D eigenvalue weighted by atomic mass is 9.89. The maximum Gasteiger partial charge on any atom is 0.160 e. The molecule has 0 aromatic heterocycles. The van der Waals surface area contributed by atoms with E-state index in [-0.39, 0.29) is 5.92 Å². The first kappa shape index (κ1) is 18.1. The van der Waals surface area contributed by atoms with E-state index in [9.17, 15) is 0 Å². The van der Waals surface area contributed by atoms with Crippen molar-refractivity contribution >= 4 is 0 Å². The van der Waals surface area contributed by atoms with Gasteiger partial charge >= 0.3 is 0 Å². The molecule has 0 amide bonds. The molecule has 0 aliphatic carbocycles. The minimum atomic E-state index is 0.249. The Morgan fingerprint density at radius 1 is 1.00 bits per heavy atom. The number of hydrogen-bond donors (Lipinski definition) is 1. The van der Waals surface area contributed by atoms with Crippen molar-refractivity contribution in [1.29, 1.82) is 0 Å². The summed E-state index contributed by atoms with van der Waals surface area (Å²) in [6.45, 7) is 5.35. The molecule has 0 bridgehead atoms. The molecular weight excluding hydrogens is 302 g/mol. The van der Waals surface area contributed by atoms with E-state index in [0.717, 1.165) is 23.7 Å². The largest absolute Gasteiger partial charge is 0.494 e. The highest BCUT2D eigenvalue weighted by molar-refractivity contribution is 5.44. The van der Waals surface area contributed by atoms with E-state index in [1.54, 1.807) is 14.2 Å². The second-order valence-electron chi connectivity index (χ2n) is 5.78. The third-order valence-electron chi connectivity index (χ3n) is 4.21. The van der Waals surface area contributed by atoms with Gasteiger partial charge in [-0.1, -0.05) is 12.1 Å². The van der Waals surface area contributed by atoms with Crippen LogP contribution in [0.25, 0.3) is 0 Å². The molecule has 0 aliphatic heterocycles. The van der Waals surface area contributed by atoms with Crippen molar-refractivity contribution in [2.75, 3.05) is 27.4 Å². The zero-order valence-corrected chi connectivity index (χ0v) is 15.0. The lowest BCUT2D eigenvalue weighted by Gasteiger charge is -2.19. The minimum absolute atomic E-state index is 0.249. The Labute approximate surface area is 144 Å². The fraction of sp³-hybridized carbons (Fsp3) is 0.400. The molecule has 2 rings (SSSR count). The van der Waals surface area contributed by atoms with Gasteiger partial charge in [0.1, 0.15) is 5.75 Å². The van der Waals surface area contributed by atoms with Crippen LogP contribution in [0.2, 0.25) is 0 Å². The van der Waals surface area contributed by atoms with E-state index in [1.807, 2.05) is 25.1 Å². The molecular formula is C20H27NO3. The zero-order valence-electron chi connectivity index (χ0n) is 15.0. The van der Waals surface area contributed by atoms with Crippen LogP contribution in [0.3, 0.4) is 0 Å². The Morgan fingerprint density at radius 2 is 1.75 bits per heavy atom. The van der Waals surface area contributed by atoms with Crippen LogP contribution in [0, 0.1) is 6.92 Å². The molecule has 2 N–H and O–H groups in total. The van der Waals surface area contributed by atoms with Crippen LogP contribution in [-0.4, -0.2) is 27.4 Å². The average Bonchev–Trinajstić information content (AvgIpc) is 2.60. The summed E-state index contributed by atoms with van der Waals surface area (Å²) in [6.07, 6.45) is 0.853. The monoisotopic (exact) mass is 329 g/mol. The first-order valence-corrected chi connectivity index (χ1v) is 8.27. The molecule has 0 fully saturated rings. The van der Waals surface area contributed by atoms with E-state index < -0.39 is 0 Å². The van der Waals surface area contributed by atoms with Crippen LogP contribution >= 0.6 is 0 Å². The van der Waals surface area contributed by atoms with Crippen molar-refractivity contribution in [3.8, 4) is 17.2 Å². The summed E-state index contributed by atoms with van der Waals surface area (Å²) in [6, 6.07) is 12.2. The normalized spacial score (nSPS) is 11.9. The summed E-state index contributed by atoms with van der Waals surface area (Å²) < 4.78 is 16.3. The molecule has 1 unspecified atom stereocenters. The Morgan fingerprint density at radius 3 is 2.33 bits per heavy atom. The average molecular weight is 329 g/mol. The second-order valence-corrected chi connectivity index (χ2v) is 5.78. The third-order valence-corrected chi connectivity index (χ3v) is 4.21. The Kier molecular flexibility index (Phi) is 6.50. The van der Waals surface area contributed by atoms with Crippen molar-refractivity contribution in [3.63, 3.8) is 0 Å². The number of benzene rings is 2. The molecule has 4 nitrogen and oxygen atoms in total. The number of methoxy groups -OCH3 is 2. The molecule has 0 aliphatic rings. The molecule has 0 saturated carbocycles. The fourth-order valence-corrected chi connectivity index (χ4v) is 2.98. The highest BCUT2D eigenvalue weighted by Gasteiger charge is 2.15. The number of hydrogen-bond acceptors (Lipinski definition) is 4. The highest BCUT2D eigenvalue weighted by atomic mass is 16.5. The molecule has 130 valence electrons. The molecule has 4 heteroatoms. The SMILES string of the molecule is CCOc1ccc(C(CN)Cc2ccc(OC)c(OC)c2)c(C)c1. The van der Waals surface area contributed by atoms with Gasteiger partial charge in [-0.3, -0.25) is 0 Å². The molecule has 0 radical (unpaired) electrons. The van der Waals surface area contributed by atoms with E-state index in [0.29, 0.717) is 13.2 Å². The molecule has 24 heavy (non-hydrogen) atoms. The van der Waals surface area contributed by atoms with Gasteiger partial charge in [0.15, 0.2) is 11.5 Å². The van der Waals surface area contributed by atoms with E-state index in [2.05, 4.69) is 25.1 Å². The van der Waals surface area contributed by atoms with Crippen LogP contribution in [0.4, 0.5) is 0 Å². The topological polar surface area (TPSA) is 53.7 Å². The maximum atomic E-state index is 6.06. The lowest BCUT2D eigenvalue weighted by molar-refractivity contribution is 0.340. The van der Waals surface area contributed by atoms with Gasteiger partial charge in [0.05, 0.1) is 20.8 Å². The summed E-state index contributed by atoms with van der Waals surface area (Å²) in [7, 11) is 3.29. The first-order valence-electron chi connectivity index (χ1n) is 8.27. The Balaban J connectivity index is 2.23. The number of rotatable bonds is 8. The van der Waals surface area contributed by atoms with Crippen molar-refractivity contribution in [2.45, 2.75) is 26.2 Å². The Hall–Kier alpha value is -2.20. The van der Waals surface area contributed by atoms with Crippen LogP contribution in [0.5, 0.6) is 17.2 Å². The molecule has 0 saturated heterocycles. The highest BCUT2D eigenvalue weighted by Crippen LogP contribution is 2.31. The van der Waals surface area contributed by atoms with Crippen molar-refractivity contribution < 1.29 is 14.2 Å². The number of nitrogens with two attached hydrogens (primary N) is 1. The number of aryl methyl sites for hydroxylation is 1. The van der Waals surface area contributed by atoms with Crippen molar-refractivity contribution in [3.05, 3.63) is 53.1 Å². The van der Waals surface area contributed by atoms with Crippen LogP contribution in [-0.2, 0) is 6.42 Å². The minimum Gasteiger partial charge on any atom is -0.494 e. The summed E-state index contributed by atoms with van der Waals surface area (Å²) in [5.74, 6) is 2.64. The van der Waals surface area contributed by atoms with Gasteiger partial charge in [-0.15, -0.1) is 0 Å². The maximum absolute atomic E-state index is 6.06. The van der Waals surface area contributed by atoms with Gasteiger partial charge in [-0.05, 0) is 67.8 Å². The number of ether oxygens (including phenoxy) is 3.